The molecule has 2 heterocycles. The van der Waals surface area contributed by atoms with E-state index in [1.807, 2.05) is 13.8 Å². The predicted octanol–water partition coefficient (Wildman–Crippen LogP) is 2.05. The number of hydrogen-bond acceptors (Lipinski definition) is 4. The van der Waals surface area contributed by atoms with Gasteiger partial charge < -0.3 is 4.42 Å². The Bertz CT molecular complexity index is 695. The van der Waals surface area contributed by atoms with E-state index in [-0.39, 0.29) is 23.2 Å². The molecule has 0 spiro atoms. The number of nitrogens with zero attached hydrogens (tertiary/aromatic N) is 2. The molecule has 2 aromatic heterocycles. The van der Waals surface area contributed by atoms with Crippen LogP contribution in [-0.2, 0) is 0 Å². The lowest BCUT2D eigenvalue weighted by atomic mass is 10.1. The second-order valence-corrected chi connectivity index (χ2v) is 4.91. The van der Waals surface area contributed by atoms with Gasteiger partial charge in [-0.05, 0) is 31.4 Å². The van der Waals surface area contributed by atoms with Gasteiger partial charge in [0.05, 0.1) is 0 Å². The monoisotopic (exact) mass is 248 g/mol. The van der Waals surface area contributed by atoms with Crippen molar-refractivity contribution in [3.8, 4) is 0 Å². The average Bonchev–Trinajstić information content (AvgIpc) is 2.27. The van der Waals surface area contributed by atoms with Crippen LogP contribution in [0.2, 0.25) is 0 Å². The van der Waals surface area contributed by atoms with Crippen molar-refractivity contribution in [2.24, 2.45) is 0 Å². The molecule has 0 unspecified atom stereocenters. The van der Waals surface area contributed by atoms with E-state index in [0.29, 0.717) is 5.39 Å². The van der Waals surface area contributed by atoms with Gasteiger partial charge in [-0.2, -0.15) is 0 Å². The van der Waals surface area contributed by atoms with Crippen LogP contribution in [0.4, 0.5) is 0 Å². The van der Waals surface area contributed by atoms with E-state index >= 15 is 0 Å². The van der Waals surface area contributed by atoms with E-state index < -0.39 is 5.76 Å². The zero-order valence-corrected chi connectivity index (χ0v) is 10.9. The first-order valence-corrected chi connectivity index (χ1v) is 5.97. The number of hydrogen-bond donors (Lipinski definition) is 0. The molecule has 0 aromatic carbocycles. The largest absolute Gasteiger partial charge is 0.423 e. The summed E-state index contributed by atoms with van der Waals surface area (Å²) < 4.78 is 6.17. The fraction of sp³-hybridized carbons (Fsp3) is 0.462. The minimum atomic E-state index is -0.660. The SMILES string of the molecule is CC(C)c1cnc2oc(=O)n(C(C)C)c(=O)c2c1. The van der Waals surface area contributed by atoms with Crippen LogP contribution in [0.3, 0.4) is 0 Å². The van der Waals surface area contributed by atoms with Gasteiger partial charge in [-0.25, -0.2) is 14.3 Å². The molecular weight excluding hydrogens is 232 g/mol. The average molecular weight is 248 g/mol. The van der Waals surface area contributed by atoms with Crippen molar-refractivity contribution < 1.29 is 4.42 Å². The first-order chi connectivity index (χ1) is 8.41. The lowest BCUT2D eigenvalue weighted by molar-refractivity contribution is 0.421. The van der Waals surface area contributed by atoms with Crippen molar-refractivity contribution >= 4 is 11.1 Å². The molecular formula is C13H16N2O3. The normalized spacial score (nSPS) is 11.7. The minimum Gasteiger partial charge on any atom is -0.390 e. The molecule has 5 heteroatoms. The molecule has 0 saturated heterocycles. The molecule has 18 heavy (non-hydrogen) atoms. The van der Waals surface area contributed by atoms with Crippen LogP contribution in [0.15, 0.2) is 26.3 Å². The fourth-order valence-electron chi connectivity index (χ4n) is 1.81. The van der Waals surface area contributed by atoms with Crippen LogP contribution < -0.4 is 11.3 Å². The molecule has 0 aliphatic rings. The van der Waals surface area contributed by atoms with E-state index in [9.17, 15) is 9.59 Å². The molecule has 0 radical (unpaired) electrons. The zero-order chi connectivity index (χ0) is 13.4. The van der Waals surface area contributed by atoms with Gasteiger partial charge in [0.15, 0.2) is 0 Å². The van der Waals surface area contributed by atoms with Crippen molar-refractivity contribution in [2.45, 2.75) is 39.7 Å². The summed E-state index contributed by atoms with van der Waals surface area (Å²) >= 11 is 0. The number of pyridine rings is 1. The molecule has 0 amide bonds. The third-order valence-corrected chi connectivity index (χ3v) is 2.89. The first-order valence-electron chi connectivity index (χ1n) is 5.97. The van der Waals surface area contributed by atoms with Crippen molar-refractivity contribution in [2.75, 3.05) is 0 Å². The number of fused-ring (bicyclic) bond motifs is 1. The summed E-state index contributed by atoms with van der Waals surface area (Å²) in [5, 5.41) is 0.356. The van der Waals surface area contributed by atoms with Crippen LogP contribution in [0.25, 0.3) is 11.1 Å². The van der Waals surface area contributed by atoms with E-state index in [2.05, 4.69) is 4.98 Å². The molecule has 0 aliphatic carbocycles. The number of rotatable bonds is 2. The quantitative estimate of drug-likeness (QED) is 0.815. The predicted molar refractivity (Wildman–Crippen MR) is 69.0 cm³/mol. The van der Waals surface area contributed by atoms with Crippen LogP contribution in [0, 0.1) is 0 Å². The van der Waals surface area contributed by atoms with Crippen molar-refractivity contribution in [1.29, 1.82) is 0 Å². The Hall–Kier alpha value is -1.91. The standard InChI is InChI=1S/C13H16N2O3/c1-7(2)9-5-10-11(14-6-9)18-13(17)15(8(3)4)12(10)16/h5-8H,1-4H3. The summed E-state index contributed by atoms with van der Waals surface area (Å²) in [4.78, 5) is 27.9. The van der Waals surface area contributed by atoms with Crippen molar-refractivity contribution in [3.63, 3.8) is 0 Å². The van der Waals surface area contributed by atoms with E-state index in [4.69, 9.17) is 4.42 Å². The first kappa shape index (κ1) is 12.5. The third-order valence-electron chi connectivity index (χ3n) is 2.89. The van der Waals surface area contributed by atoms with Gasteiger partial charge >= 0.3 is 5.76 Å². The Kier molecular flexibility index (Phi) is 3.07. The smallest absolute Gasteiger partial charge is 0.390 e. The van der Waals surface area contributed by atoms with Gasteiger partial charge in [0.1, 0.15) is 5.39 Å². The lowest BCUT2D eigenvalue weighted by Gasteiger charge is -2.09. The molecule has 0 atom stereocenters. The molecule has 0 bridgehead atoms. The summed E-state index contributed by atoms with van der Waals surface area (Å²) in [5.74, 6) is -0.395. The fourth-order valence-corrected chi connectivity index (χ4v) is 1.81. The van der Waals surface area contributed by atoms with Gasteiger partial charge in [-0.3, -0.25) is 4.79 Å². The van der Waals surface area contributed by atoms with Gasteiger partial charge in [0.25, 0.3) is 5.56 Å². The van der Waals surface area contributed by atoms with Crippen LogP contribution in [-0.4, -0.2) is 9.55 Å². The van der Waals surface area contributed by atoms with Crippen LogP contribution in [0.1, 0.15) is 45.2 Å². The summed E-state index contributed by atoms with van der Waals surface area (Å²) in [6.07, 6.45) is 1.63. The Morgan fingerprint density at radius 3 is 2.44 bits per heavy atom. The molecule has 0 saturated carbocycles. The highest BCUT2D eigenvalue weighted by molar-refractivity contribution is 5.71. The van der Waals surface area contributed by atoms with Gasteiger partial charge in [0, 0.05) is 12.2 Å². The van der Waals surface area contributed by atoms with Crippen molar-refractivity contribution in [1.82, 2.24) is 9.55 Å². The lowest BCUT2D eigenvalue weighted by Crippen LogP contribution is -2.34. The highest BCUT2D eigenvalue weighted by Gasteiger charge is 2.14. The van der Waals surface area contributed by atoms with E-state index in [1.165, 1.54) is 0 Å². The highest BCUT2D eigenvalue weighted by atomic mass is 16.4. The topological polar surface area (TPSA) is 65.1 Å². The Morgan fingerprint density at radius 2 is 1.89 bits per heavy atom. The summed E-state index contributed by atoms with van der Waals surface area (Å²) in [6.45, 7) is 7.57. The summed E-state index contributed by atoms with van der Waals surface area (Å²) in [5.41, 5.74) is 0.710. The third kappa shape index (κ3) is 1.96. The van der Waals surface area contributed by atoms with Gasteiger partial charge in [-0.1, -0.05) is 13.8 Å². The Balaban J connectivity index is 2.86. The van der Waals surface area contributed by atoms with Crippen molar-refractivity contribution in [3.05, 3.63) is 38.7 Å². The maximum Gasteiger partial charge on any atom is 0.423 e. The highest BCUT2D eigenvalue weighted by Crippen LogP contribution is 2.16. The molecule has 0 N–H and O–H groups in total. The van der Waals surface area contributed by atoms with Gasteiger partial charge in [0.2, 0.25) is 5.71 Å². The number of aromatic nitrogens is 2. The molecule has 2 rings (SSSR count). The summed E-state index contributed by atoms with van der Waals surface area (Å²) in [7, 11) is 0. The Morgan fingerprint density at radius 1 is 1.22 bits per heavy atom. The van der Waals surface area contributed by atoms with E-state index in [0.717, 1.165) is 10.1 Å². The van der Waals surface area contributed by atoms with Gasteiger partial charge in [-0.15, -0.1) is 0 Å². The molecule has 0 fully saturated rings. The second-order valence-electron chi connectivity index (χ2n) is 4.91. The molecule has 96 valence electrons. The van der Waals surface area contributed by atoms with Crippen LogP contribution >= 0.6 is 0 Å². The molecule has 2 aromatic rings. The molecule has 5 nitrogen and oxygen atoms in total. The zero-order valence-electron chi connectivity index (χ0n) is 10.9. The van der Waals surface area contributed by atoms with E-state index in [1.54, 1.807) is 26.1 Å². The maximum absolute atomic E-state index is 12.2. The Labute approximate surface area is 104 Å². The van der Waals surface area contributed by atoms with Crippen LogP contribution in [0.5, 0.6) is 0 Å². The maximum atomic E-state index is 12.2. The minimum absolute atomic E-state index is 0.103. The summed E-state index contributed by atoms with van der Waals surface area (Å²) in [6, 6.07) is 1.51. The second kappa shape index (κ2) is 4.40. The molecule has 0 aliphatic heterocycles.